The summed E-state index contributed by atoms with van der Waals surface area (Å²) >= 11 is 0. The van der Waals surface area contributed by atoms with E-state index in [1.165, 1.54) is 32.1 Å². The van der Waals surface area contributed by atoms with Crippen molar-refractivity contribution in [2.45, 2.75) is 134 Å². The second-order valence-electron chi connectivity index (χ2n) is 10.3. The van der Waals surface area contributed by atoms with Crippen molar-refractivity contribution in [2.75, 3.05) is 0 Å². The molecule has 0 fully saturated rings. The van der Waals surface area contributed by atoms with Crippen LogP contribution in [-0.4, -0.2) is 80.2 Å². The lowest BCUT2D eigenvalue weighted by Crippen LogP contribution is -2.52. The van der Waals surface area contributed by atoms with Crippen LogP contribution < -0.4 is 16.0 Å². The van der Waals surface area contributed by atoms with E-state index in [0.29, 0.717) is 6.42 Å². The van der Waals surface area contributed by atoms with Gasteiger partial charge in [-0.2, -0.15) is 0 Å². The monoisotopic (exact) mass is 601 g/mol. The molecular formula is C28H47N3O11. The van der Waals surface area contributed by atoms with Crippen LogP contribution in [0.1, 0.15) is 116 Å². The molecule has 0 saturated heterocycles. The Morgan fingerprint density at radius 2 is 0.857 bits per heavy atom. The van der Waals surface area contributed by atoms with Gasteiger partial charge in [-0.3, -0.25) is 24.0 Å². The minimum atomic E-state index is -1.55. The zero-order valence-corrected chi connectivity index (χ0v) is 24.4. The molecule has 0 aliphatic carbocycles. The van der Waals surface area contributed by atoms with Crippen LogP contribution in [-0.2, 0) is 33.6 Å². The van der Waals surface area contributed by atoms with Gasteiger partial charge in [0.2, 0.25) is 17.7 Å². The molecule has 0 saturated carbocycles. The van der Waals surface area contributed by atoms with E-state index in [2.05, 4.69) is 22.9 Å². The Morgan fingerprint density at radius 1 is 0.476 bits per heavy atom. The Kier molecular flexibility index (Phi) is 20.9. The first-order valence-electron chi connectivity index (χ1n) is 14.7. The van der Waals surface area contributed by atoms with Crippen LogP contribution in [0.3, 0.4) is 0 Å². The third-order valence-corrected chi connectivity index (χ3v) is 6.61. The maximum atomic E-state index is 12.9. The van der Waals surface area contributed by atoms with Crippen LogP contribution in [0.4, 0.5) is 0 Å². The average Bonchev–Trinajstić information content (AvgIpc) is 2.91. The van der Waals surface area contributed by atoms with Crippen molar-refractivity contribution in [3.63, 3.8) is 0 Å². The third kappa shape index (κ3) is 20.2. The fourth-order valence-corrected chi connectivity index (χ4v) is 4.17. The molecule has 14 heteroatoms. The van der Waals surface area contributed by atoms with Crippen molar-refractivity contribution in [2.24, 2.45) is 0 Å². The van der Waals surface area contributed by atoms with Crippen LogP contribution in [0, 0.1) is 0 Å². The average molecular weight is 602 g/mol. The minimum absolute atomic E-state index is 0.101. The Morgan fingerprint density at radius 3 is 1.31 bits per heavy atom. The third-order valence-electron chi connectivity index (χ3n) is 6.61. The molecule has 0 aromatic carbocycles. The summed E-state index contributed by atoms with van der Waals surface area (Å²) in [7, 11) is 0. The molecule has 3 atom stereocenters. The fourth-order valence-electron chi connectivity index (χ4n) is 4.17. The van der Waals surface area contributed by atoms with Crippen molar-refractivity contribution >= 4 is 41.6 Å². The molecule has 14 nitrogen and oxygen atoms in total. The standard InChI is InChI=1S/C28H47N3O11/c1-2-3-4-5-6-7-8-9-10-11-12-22(32)29-19(26(38)31-21(28(41)42)15-18-25(36)37)13-16-23(33)30-20(27(39)40)14-17-24(34)35/h19-21H,2-18H2,1H3,(H,29,32)(H,30,33)(H,31,38)(H,34,35)(H,36,37)(H,39,40)(H,41,42). The van der Waals surface area contributed by atoms with Crippen LogP contribution >= 0.6 is 0 Å². The van der Waals surface area contributed by atoms with E-state index in [1.54, 1.807) is 0 Å². The number of hydrogen-bond acceptors (Lipinski definition) is 7. The molecule has 7 N–H and O–H groups in total. The van der Waals surface area contributed by atoms with E-state index in [0.717, 1.165) is 25.7 Å². The van der Waals surface area contributed by atoms with Gasteiger partial charge < -0.3 is 36.4 Å². The highest BCUT2D eigenvalue weighted by atomic mass is 16.4. The molecule has 0 bridgehead atoms. The number of hydrogen-bond donors (Lipinski definition) is 7. The zero-order chi connectivity index (χ0) is 31.9. The predicted molar refractivity (Wildman–Crippen MR) is 150 cm³/mol. The first kappa shape index (κ1) is 38.3. The largest absolute Gasteiger partial charge is 0.481 e. The van der Waals surface area contributed by atoms with Crippen LogP contribution in [0.2, 0.25) is 0 Å². The Hall–Kier alpha value is -3.71. The molecule has 0 aromatic rings. The second kappa shape index (κ2) is 22.9. The number of aliphatic carboxylic acids is 4. The van der Waals surface area contributed by atoms with E-state index in [1.807, 2.05) is 0 Å². The molecule has 0 aromatic heterocycles. The second-order valence-corrected chi connectivity index (χ2v) is 10.3. The lowest BCUT2D eigenvalue weighted by atomic mass is 10.0. The fraction of sp³-hybridized carbons (Fsp3) is 0.750. The SMILES string of the molecule is CCCCCCCCCCCCC(=O)NC(CCC(=O)NC(CCC(=O)O)C(=O)O)C(=O)NC(CCC(=O)O)C(=O)O. The minimum Gasteiger partial charge on any atom is -0.481 e. The van der Waals surface area contributed by atoms with Gasteiger partial charge in [0.15, 0.2) is 0 Å². The molecule has 0 aliphatic heterocycles. The maximum absolute atomic E-state index is 12.9. The summed E-state index contributed by atoms with van der Waals surface area (Å²) in [6, 6.07) is -4.37. The number of rotatable bonds is 26. The summed E-state index contributed by atoms with van der Waals surface area (Å²) in [5.74, 6) is -7.64. The first-order valence-corrected chi connectivity index (χ1v) is 14.7. The number of amides is 3. The molecule has 0 radical (unpaired) electrons. The normalized spacial score (nSPS) is 12.9. The Balaban J connectivity index is 5.05. The van der Waals surface area contributed by atoms with Crippen molar-refractivity contribution in [3.8, 4) is 0 Å². The molecule has 0 heterocycles. The molecule has 0 aliphatic rings. The van der Waals surface area contributed by atoms with Gasteiger partial charge in [-0.15, -0.1) is 0 Å². The quantitative estimate of drug-likeness (QED) is 0.0711. The smallest absolute Gasteiger partial charge is 0.326 e. The predicted octanol–water partition coefficient (Wildman–Crippen LogP) is 2.43. The van der Waals surface area contributed by atoms with Gasteiger partial charge in [-0.05, 0) is 25.7 Å². The molecule has 0 rings (SSSR count). The highest BCUT2D eigenvalue weighted by Gasteiger charge is 2.28. The molecule has 3 unspecified atom stereocenters. The topological polar surface area (TPSA) is 236 Å². The molecule has 42 heavy (non-hydrogen) atoms. The van der Waals surface area contributed by atoms with E-state index in [9.17, 15) is 43.8 Å². The Bertz CT molecular complexity index is 894. The van der Waals surface area contributed by atoms with Gasteiger partial charge in [-0.25, -0.2) is 9.59 Å². The number of carbonyl (C=O) groups excluding carboxylic acids is 3. The van der Waals surface area contributed by atoms with Gasteiger partial charge in [-0.1, -0.05) is 64.7 Å². The van der Waals surface area contributed by atoms with Gasteiger partial charge >= 0.3 is 23.9 Å². The molecule has 3 amide bonds. The highest BCUT2D eigenvalue weighted by Crippen LogP contribution is 2.12. The lowest BCUT2D eigenvalue weighted by Gasteiger charge is -2.22. The van der Waals surface area contributed by atoms with Gasteiger partial charge in [0.1, 0.15) is 18.1 Å². The van der Waals surface area contributed by atoms with Crippen molar-refractivity contribution in [1.29, 1.82) is 0 Å². The summed E-state index contributed by atoms with van der Waals surface area (Å²) in [4.78, 5) is 82.3. The summed E-state index contributed by atoms with van der Waals surface area (Å²) in [6.07, 6.45) is 8.19. The zero-order valence-electron chi connectivity index (χ0n) is 24.4. The highest BCUT2D eigenvalue weighted by molar-refractivity contribution is 5.91. The first-order chi connectivity index (χ1) is 19.9. The van der Waals surface area contributed by atoms with Crippen molar-refractivity contribution in [1.82, 2.24) is 16.0 Å². The number of nitrogens with one attached hydrogen (secondary N) is 3. The summed E-state index contributed by atoms with van der Waals surface area (Å²) in [6.45, 7) is 2.17. The van der Waals surface area contributed by atoms with E-state index in [4.69, 9.17) is 10.2 Å². The number of carbonyl (C=O) groups is 7. The summed E-state index contributed by atoms with van der Waals surface area (Å²) in [5, 5.41) is 43.1. The van der Waals surface area contributed by atoms with E-state index < -0.39 is 85.4 Å². The number of carboxylic acid groups (broad SMARTS) is 4. The lowest BCUT2D eigenvalue weighted by molar-refractivity contribution is -0.144. The molecule has 0 spiro atoms. The van der Waals surface area contributed by atoms with Crippen LogP contribution in [0.5, 0.6) is 0 Å². The van der Waals surface area contributed by atoms with Crippen molar-refractivity contribution < 1.29 is 54.0 Å². The van der Waals surface area contributed by atoms with Crippen molar-refractivity contribution in [3.05, 3.63) is 0 Å². The van der Waals surface area contributed by atoms with Crippen LogP contribution in [0.25, 0.3) is 0 Å². The maximum Gasteiger partial charge on any atom is 0.326 e. The summed E-state index contributed by atoms with van der Waals surface area (Å²) in [5.41, 5.74) is 0. The van der Waals surface area contributed by atoms with E-state index in [-0.39, 0.29) is 19.3 Å². The van der Waals surface area contributed by atoms with Crippen LogP contribution in [0.15, 0.2) is 0 Å². The van der Waals surface area contributed by atoms with Gasteiger partial charge in [0.25, 0.3) is 0 Å². The van der Waals surface area contributed by atoms with Gasteiger partial charge in [0.05, 0.1) is 0 Å². The summed E-state index contributed by atoms with van der Waals surface area (Å²) < 4.78 is 0. The number of unbranched alkanes of at least 4 members (excludes halogenated alkanes) is 9. The van der Waals surface area contributed by atoms with Gasteiger partial charge in [0, 0.05) is 25.7 Å². The number of carboxylic acids is 4. The Labute approximate surface area is 246 Å². The molecule has 240 valence electrons. The van der Waals surface area contributed by atoms with E-state index >= 15 is 0 Å². The molecular weight excluding hydrogens is 554 g/mol.